The average Bonchev–Trinajstić information content (AvgIpc) is 2.71. The lowest BCUT2D eigenvalue weighted by molar-refractivity contribution is 0.603. The van der Waals surface area contributed by atoms with Gasteiger partial charge in [-0.1, -0.05) is 6.07 Å². The first-order valence-corrected chi connectivity index (χ1v) is 8.62. The third-order valence-corrected chi connectivity index (χ3v) is 6.44. The first kappa shape index (κ1) is 13.8. The van der Waals surface area contributed by atoms with E-state index in [1.807, 2.05) is 26.0 Å². The van der Waals surface area contributed by atoms with Crippen LogP contribution in [0.5, 0.6) is 0 Å². The van der Waals surface area contributed by atoms with Crippen LogP contribution in [0.3, 0.4) is 0 Å². The monoisotopic (exact) mass is 393 g/mol. The van der Waals surface area contributed by atoms with E-state index < -0.39 is 10.0 Å². The molecule has 0 fully saturated rings. The van der Waals surface area contributed by atoms with Crippen molar-refractivity contribution in [3.05, 3.63) is 44.3 Å². The van der Waals surface area contributed by atoms with Crippen LogP contribution in [0.4, 0.5) is 5.69 Å². The lowest BCUT2D eigenvalue weighted by Crippen LogP contribution is -2.11. The minimum atomic E-state index is -3.46. The standard InChI is InChI=1S/C12H12INO2S2/c1-8-3-5-10(7-11(8)13)14-18(15,16)12-6-4-9(2)17-12/h3-7,14H,1-2H3. The van der Waals surface area contributed by atoms with Crippen LogP contribution < -0.4 is 4.72 Å². The molecule has 0 radical (unpaired) electrons. The van der Waals surface area contributed by atoms with Gasteiger partial charge in [0.1, 0.15) is 4.21 Å². The van der Waals surface area contributed by atoms with E-state index in [1.54, 1.807) is 18.2 Å². The van der Waals surface area contributed by atoms with Gasteiger partial charge in [-0.2, -0.15) is 0 Å². The van der Waals surface area contributed by atoms with Crippen molar-refractivity contribution in [1.29, 1.82) is 0 Å². The molecule has 0 spiro atoms. The molecule has 0 aliphatic rings. The van der Waals surface area contributed by atoms with E-state index in [0.29, 0.717) is 9.90 Å². The molecule has 2 aromatic rings. The Kier molecular flexibility index (Phi) is 3.98. The molecule has 0 bridgehead atoms. The molecule has 0 saturated heterocycles. The second-order valence-corrected chi connectivity index (χ2v) is 8.29. The van der Waals surface area contributed by atoms with Crippen LogP contribution in [-0.4, -0.2) is 8.42 Å². The molecule has 1 aromatic heterocycles. The first-order valence-electron chi connectivity index (χ1n) is 5.24. The number of rotatable bonds is 3. The second kappa shape index (κ2) is 5.18. The molecule has 3 nitrogen and oxygen atoms in total. The Hall–Kier alpha value is -0.600. The Bertz CT molecular complexity index is 677. The van der Waals surface area contributed by atoms with Crippen LogP contribution in [-0.2, 0) is 10.0 Å². The van der Waals surface area contributed by atoms with Crippen LogP contribution in [0.2, 0.25) is 0 Å². The maximum atomic E-state index is 12.1. The number of sulfonamides is 1. The second-order valence-electron chi connectivity index (χ2n) is 3.93. The van der Waals surface area contributed by atoms with Crippen LogP contribution in [0.15, 0.2) is 34.5 Å². The number of thiophene rings is 1. The highest BCUT2D eigenvalue weighted by atomic mass is 127. The number of aryl methyl sites for hydroxylation is 2. The smallest absolute Gasteiger partial charge is 0.271 e. The minimum Gasteiger partial charge on any atom is -0.279 e. The Balaban J connectivity index is 2.30. The van der Waals surface area contributed by atoms with Gasteiger partial charge < -0.3 is 0 Å². The maximum absolute atomic E-state index is 12.1. The van der Waals surface area contributed by atoms with Crippen LogP contribution >= 0.6 is 33.9 Å². The molecule has 0 aliphatic heterocycles. The lowest BCUT2D eigenvalue weighted by Gasteiger charge is -2.07. The fourth-order valence-electron chi connectivity index (χ4n) is 1.42. The summed E-state index contributed by atoms with van der Waals surface area (Å²) in [5.41, 5.74) is 1.72. The van der Waals surface area contributed by atoms with E-state index in [2.05, 4.69) is 27.3 Å². The Morgan fingerprint density at radius 2 is 1.89 bits per heavy atom. The zero-order valence-electron chi connectivity index (χ0n) is 9.90. The molecule has 0 saturated carbocycles. The summed E-state index contributed by atoms with van der Waals surface area (Å²) >= 11 is 3.46. The largest absolute Gasteiger partial charge is 0.279 e. The fourth-order valence-corrected chi connectivity index (χ4v) is 4.27. The van der Waals surface area contributed by atoms with Gasteiger partial charge in [0.25, 0.3) is 10.0 Å². The zero-order valence-corrected chi connectivity index (χ0v) is 13.7. The Labute approximate surface area is 124 Å². The quantitative estimate of drug-likeness (QED) is 0.808. The van der Waals surface area contributed by atoms with E-state index in [4.69, 9.17) is 0 Å². The topological polar surface area (TPSA) is 46.2 Å². The van der Waals surface area contributed by atoms with E-state index in [9.17, 15) is 8.42 Å². The van der Waals surface area contributed by atoms with Gasteiger partial charge in [-0.25, -0.2) is 8.42 Å². The molecule has 18 heavy (non-hydrogen) atoms. The van der Waals surface area contributed by atoms with Gasteiger partial charge in [-0.05, 0) is 66.3 Å². The molecule has 1 heterocycles. The molecule has 0 atom stereocenters. The minimum absolute atomic E-state index is 0.343. The predicted molar refractivity (Wildman–Crippen MR) is 83.8 cm³/mol. The average molecular weight is 393 g/mol. The number of nitrogens with one attached hydrogen (secondary N) is 1. The highest BCUT2D eigenvalue weighted by Gasteiger charge is 2.16. The fraction of sp³-hybridized carbons (Fsp3) is 0.167. The van der Waals surface area contributed by atoms with Crippen LogP contribution in [0.25, 0.3) is 0 Å². The van der Waals surface area contributed by atoms with E-state index >= 15 is 0 Å². The first-order chi connectivity index (χ1) is 8.38. The van der Waals surface area contributed by atoms with Crippen molar-refractivity contribution < 1.29 is 8.42 Å². The van der Waals surface area contributed by atoms with Gasteiger partial charge in [0.2, 0.25) is 0 Å². The van der Waals surface area contributed by atoms with Crippen LogP contribution in [0, 0.1) is 17.4 Å². The normalized spacial score (nSPS) is 11.5. The molecule has 96 valence electrons. The molecule has 0 aliphatic carbocycles. The van der Waals surface area contributed by atoms with Crippen molar-refractivity contribution in [3.63, 3.8) is 0 Å². The summed E-state index contributed by atoms with van der Waals surface area (Å²) in [4.78, 5) is 0.980. The van der Waals surface area contributed by atoms with Gasteiger partial charge in [-0.15, -0.1) is 11.3 Å². The van der Waals surface area contributed by atoms with Gasteiger partial charge in [0, 0.05) is 14.1 Å². The summed E-state index contributed by atoms with van der Waals surface area (Å²) in [6.45, 7) is 3.88. The number of benzene rings is 1. The Morgan fingerprint density at radius 3 is 2.44 bits per heavy atom. The van der Waals surface area contributed by atoms with Crippen molar-refractivity contribution in [2.24, 2.45) is 0 Å². The van der Waals surface area contributed by atoms with E-state index in [1.165, 1.54) is 11.3 Å². The van der Waals surface area contributed by atoms with Gasteiger partial charge >= 0.3 is 0 Å². The molecule has 2 rings (SSSR count). The lowest BCUT2D eigenvalue weighted by atomic mass is 10.2. The third-order valence-electron chi connectivity index (χ3n) is 2.40. The SMILES string of the molecule is Cc1ccc(S(=O)(=O)Nc2ccc(C)c(I)c2)s1. The van der Waals surface area contributed by atoms with Crippen LogP contribution in [0.1, 0.15) is 10.4 Å². The van der Waals surface area contributed by atoms with Crippen molar-refractivity contribution >= 4 is 49.6 Å². The van der Waals surface area contributed by atoms with Crippen molar-refractivity contribution in [3.8, 4) is 0 Å². The maximum Gasteiger partial charge on any atom is 0.271 e. The predicted octanol–water partition coefficient (Wildman–Crippen LogP) is 3.77. The van der Waals surface area contributed by atoms with Crippen molar-refractivity contribution in [1.82, 2.24) is 0 Å². The van der Waals surface area contributed by atoms with Crippen molar-refractivity contribution in [2.45, 2.75) is 18.1 Å². The molecule has 6 heteroatoms. The highest BCUT2D eigenvalue weighted by Crippen LogP contribution is 2.24. The van der Waals surface area contributed by atoms with E-state index in [0.717, 1.165) is 14.0 Å². The third kappa shape index (κ3) is 3.04. The summed E-state index contributed by atoms with van der Waals surface area (Å²) in [6.07, 6.45) is 0. The number of anilines is 1. The number of halogens is 1. The molecular formula is C12H12INO2S2. The summed E-state index contributed by atoms with van der Waals surface area (Å²) < 4.78 is 28.2. The van der Waals surface area contributed by atoms with Gasteiger partial charge in [-0.3, -0.25) is 4.72 Å². The van der Waals surface area contributed by atoms with E-state index in [-0.39, 0.29) is 0 Å². The molecule has 0 amide bonds. The summed E-state index contributed by atoms with van der Waals surface area (Å²) in [5, 5.41) is 0. The number of hydrogen-bond acceptors (Lipinski definition) is 3. The molecule has 1 N–H and O–H groups in total. The van der Waals surface area contributed by atoms with Gasteiger partial charge in [0.05, 0.1) is 0 Å². The molecular weight excluding hydrogens is 381 g/mol. The highest BCUT2D eigenvalue weighted by molar-refractivity contribution is 14.1. The Morgan fingerprint density at radius 1 is 1.17 bits per heavy atom. The van der Waals surface area contributed by atoms with Crippen molar-refractivity contribution in [2.75, 3.05) is 4.72 Å². The molecule has 0 unspecified atom stereocenters. The summed E-state index contributed by atoms with van der Waals surface area (Å²) in [5.74, 6) is 0. The molecule has 1 aromatic carbocycles. The summed E-state index contributed by atoms with van der Waals surface area (Å²) in [6, 6.07) is 8.93. The zero-order chi connectivity index (χ0) is 13.3. The summed E-state index contributed by atoms with van der Waals surface area (Å²) in [7, 11) is -3.46. The number of hydrogen-bond donors (Lipinski definition) is 1. The van der Waals surface area contributed by atoms with Gasteiger partial charge in [0.15, 0.2) is 0 Å².